The Morgan fingerprint density at radius 2 is 2.03 bits per heavy atom. The maximum Gasteiger partial charge on any atom is 0.332 e. The number of halogens is 2. The lowest BCUT2D eigenvalue weighted by Crippen LogP contribution is -2.39. The molecule has 1 fully saturated rings. The van der Waals surface area contributed by atoms with Gasteiger partial charge in [0.1, 0.15) is 16.2 Å². The first-order valence-corrected chi connectivity index (χ1v) is 10.2. The van der Waals surface area contributed by atoms with Crippen LogP contribution in [0.2, 0.25) is 5.02 Å². The third-order valence-electron chi connectivity index (χ3n) is 4.95. The molecule has 6 nitrogen and oxygen atoms in total. The Morgan fingerprint density at radius 3 is 2.72 bits per heavy atom. The van der Waals surface area contributed by atoms with E-state index in [1.54, 1.807) is 24.4 Å². The van der Waals surface area contributed by atoms with E-state index in [2.05, 4.69) is 9.36 Å². The predicted octanol–water partition coefficient (Wildman–Crippen LogP) is 3.86. The molecule has 0 bridgehead atoms. The van der Waals surface area contributed by atoms with Crippen molar-refractivity contribution in [1.82, 2.24) is 18.5 Å². The van der Waals surface area contributed by atoms with Crippen molar-refractivity contribution < 1.29 is 4.39 Å². The lowest BCUT2D eigenvalue weighted by molar-refractivity contribution is 0.605. The zero-order valence-electron chi connectivity index (χ0n) is 15.0. The third-order valence-corrected chi connectivity index (χ3v) is 6.13. The lowest BCUT2D eigenvalue weighted by atomic mass is 10.2. The zero-order valence-corrected chi connectivity index (χ0v) is 16.6. The van der Waals surface area contributed by atoms with Crippen LogP contribution in [0.3, 0.4) is 0 Å². The standard InChI is InChI=1S/C20H14ClFN4O2S/c21-14-9-12(22)5-4-11(14)10-25-17-16(15-3-1-2-8-23-15)24-29-18(17)19(27)26(20(25)28)13-6-7-13/h1-5,8-9,13H,6-7,10H2. The first kappa shape index (κ1) is 18.2. The van der Waals surface area contributed by atoms with Gasteiger partial charge in [0.05, 0.1) is 17.8 Å². The Bertz CT molecular complexity index is 1360. The van der Waals surface area contributed by atoms with Crippen LogP contribution in [0.5, 0.6) is 0 Å². The van der Waals surface area contributed by atoms with E-state index in [1.807, 2.05) is 6.07 Å². The van der Waals surface area contributed by atoms with Gasteiger partial charge in [-0.05, 0) is 54.2 Å². The number of fused-ring (bicyclic) bond motifs is 1. The number of hydrogen-bond donors (Lipinski definition) is 0. The average Bonchev–Trinajstić information content (AvgIpc) is 3.44. The summed E-state index contributed by atoms with van der Waals surface area (Å²) < 4.78 is 21.1. The second-order valence-electron chi connectivity index (χ2n) is 6.93. The molecule has 0 aliphatic heterocycles. The van der Waals surface area contributed by atoms with Gasteiger partial charge in [-0.3, -0.25) is 18.9 Å². The van der Waals surface area contributed by atoms with Crippen molar-refractivity contribution in [3.63, 3.8) is 0 Å². The molecule has 3 aromatic heterocycles. The van der Waals surface area contributed by atoms with E-state index < -0.39 is 11.5 Å². The van der Waals surface area contributed by atoms with Gasteiger partial charge in [-0.1, -0.05) is 23.7 Å². The van der Waals surface area contributed by atoms with E-state index >= 15 is 0 Å². The van der Waals surface area contributed by atoms with Gasteiger partial charge in [0.15, 0.2) is 0 Å². The van der Waals surface area contributed by atoms with E-state index in [-0.39, 0.29) is 23.2 Å². The van der Waals surface area contributed by atoms with Gasteiger partial charge in [-0.25, -0.2) is 9.18 Å². The fourth-order valence-corrected chi connectivity index (χ4v) is 4.45. The highest BCUT2D eigenvalue weighted by atomic mass is 35.5. The minimum Gasteiger partial charge on any atom is -0.285 e. The van der Waals surface area contributed by atoms with Crippen LogP contribution < -0.4 is 11.2 Å². The number of pyridine rings is 1. The summed E-state index contributed by atoms with van der Waals surface area (Å²) in [4.78, 5) is 30.7. The Morgan fingerprint density at radius 1 is 1.21 bits per heavy atom. The van der Waals surface area contributed by atoms with Crippen LogP contribution in [0, 0.1) is 5.82 Å². The average molecular weight is 429 g/mol. The Balaban J connectivity index is 1.81. The second kappa shape index (κ2) is 6.89. The molecule has 0 atom stereocenters. The first-order chi connectivity index (χ1) is 14.0. The van der Waals surface area contributed by atoms with Crippen LogP contribution in [0.15, 0.2) is 52.2 Å². The summed E-state index contributed by atoms with van der Waals surface area (Å²) in [7, 11) is 0. The normalized spacial score (nSPS) is 13.9. The molecule has 1 aliphatic carbocycles. The van der Waals surface area contributed by atoms with Gasteiger partial charge in [0, 0.05) is 17.3 Å². The third kappa shape index (κ3) is 3.08. The molecule has 4 aromatic rings. The molecule has 146 valence electrons. The smallest absolute Gasteiger partial charge is 0.285 e. The maximum absolute atomic E-state index is 13.5. The van der Waals surface area contributed by atoms with Crippen molar-refractivity contribution in [2.45, 2.75) is 25.4 Å². The summed E-state index contributed by atoms with van der Waals surface area (Å²) in [5.41, 5.74) is 1.31. The molecular formula is C20H14ClFN4O2S. The fraction of sp³-hybridized carbons (Fsp3) is 0.200. The van der Waals surface area contributed by atoms with Crippen molar-refractivity contribution >= 4 is 33.4 Å². The minimum atomic E-state index is -0.453. The first-order valence-electron chi connectivity index (χ1n) is 9.04. The van der Waals surface area contributed by atoms with Crippen molar-refractivity contribution in [3.8, 4) is 11.4 Å². The van der Waals surface area contributed by atoms with Gasteiger partial charge in [-0.2, -0.15) is 4.37 Å². The molecule has 3 heterocycles. The molecule has 1 saturated carbocycles. The van der Waals surface area contributed by atoms with E-state index in [0.717, 1.165) is 24.4 Å². The van der Waals surface area contributed by atoms with Gasteiger partial charge in [-0.15, -0.1) is 0 Å². The predicted molar refractivity (Wildman–Crippen MR) is 110 cm³/mol. The second-order valence-corrected chi connectivity index (χ2v) is 8.12. The molecule has 29 heavy (non-hydrogen) atoms. The molecular weight excluding hydrogens is 415 g/mol. The van der Waals surface area contributed by atoms with Crippen LogP contribution in [0.4, 0.5) is 4.39 Å². The van der Waals surface area contributed by atoms with Gasteiger partial charge in [0.25, 0.3) is 5.56 Å². The Hall–Kier alpha value is -2.84. The van der Waals surface area contributed by atoms with Crippen LogP contribution in [-0.2, 0) is 6.54 Å². The summed E-state index contributed by atoms with van der Waals surface area (Å²) in [5, 5.41) is 0.219. The van der Waals surface area contributed by atoms with Crippen molar-refractivity contribution in [2.24, 2.45) is 0 Å². The van der Waals surface area contributed by atoms with Crippen molar-refractivity contribution in [1.29, 1.82) is 0 Å². The molecule has 0 amide bonds. The summed E-state index contributed by atoms with van der Waals surface area (Å²) in [6, 6.07) is 9.34. The molecule has 0 saturated heterocycles. The molecule has 1 aliphatic rings. The summed E-state index contributed by atoms with van der Waals surface area (Å²) >= 11 is 7.27. The quantitative estimate of drug-likeness (QED) is 0.495. The van der Waals surface area contributed by atoms with Gasteiger partial charge >= 0.3 is 5.69 Å². The highest BCUT2D eigenvalue weighted by Crippen LogP contribution is 2.34. The highest BCUT2D eigenvalue weighted by Gasteiger charge is 2.30. The number of benzene rings is 1. The number of nitrogens with zero attached hydrogens (tertiary/aromatic N) is 4. The van der Waals surface area contributed by atoms with Gasteiger partial charge < -0.3 is 0 Å². The van der Waals surface area contributed by atoms with Crippen LogP contribution in [-0.4, -0.2) is 18.5 Å². The molecule has 9 heteroatoms. The molecule has 0 unspecified atom stereocenters. The van der Waals surface area contributed by atoms with E-state index in [0.29, 0.717) is 27.2 Å². The summed E-state index contributed by atoms with van der Waals surface area (Å²) in [6.07, 6.45) is 3.22. The zero-order chi connectivity index (χ0) is 20.1. The van der Waals surface area contributed by atoms with E-state index in [4.69, 9.17) is 11.6 Å². The van der Waals surface area contributed by atoms with Crippen molar-refractivity contribution in [2.75, 3.05) is 0 Å². The maximum atomic E-state index is 13.5. The largest absolute Gasteiger partial charge is 0.332 e. The Labute approximate surface area is 173 Å². The monoisotopic (exact) mass is 428 g/mol. The number of rotatable bonds is 4. The summed E-state index contributed by atoms with van der Waals surface area (Å²) in [6.45, 7) is 0.0969. The number of hydrogen-bond acceptors (Lipinski definition) is 5. The van der Waals surface area contributed by atoms with Crippen LogP contribution in [0.25, 0.3) is 21.6 Å². The van der Waals surface area contributed by atoms with E-state index in [1.165, 1.54) is 21.3 Å². The Kier molecular flexibility index (Phi) is 4.33. The van der Waals surface area contributed by atoms with Crippen LogP contribution in [0.1, 0.15) is 24.4 Å². The fourth-order valence-electron chi connectivity index (χ4n) is 3.39. The van der Waals surface area contributed by atoms with Crippen LogP contribution >= 0.6 is 23.1 Å². The van der Waals surface area contributed by atoms with E-state index in [9.17, 15) is 14.0 Å². The highest BCUT2D eigenvalue weighted by molar-refractivity contribution is 7.13. The number of aromatic nitrogens is 4. The molecule has 5 rings (SSSR count). The SMILES string of the molecule is O=c1c2snc(-c3ccccn3)c2n(Cc2ccc(F)cc2Cl)c(=O)n1C1CC1. The molecule has 0 spiro atoms. The molecule has 1 aromatic carbocycles. The summed E-state index contributed by atoms with van der Waals surface area (Å²) in [5.74, 6) is -0.453. The van der Waals surface area contributed by atoms with Crippen molar-refractivity contribution in [3.05, 3.63) is 79.8 Å². The molecule has 0 radical (unpaired) electrons. The van der Waals surface area contributed by atoms with Gasteiger partial charge in [0.2, 0.25) is 0 Å². The minimum absolute atomic E-state index is 0.0882. The molecule has 0 N–H and O–H groups in total. The lowest BCUT2D eigenvalue weighted by Gasteiger charge is -2.13. The topological polar surface area (TPSA) is 69.8 Å².